The van der Waals surface area contributed by atoms with Gasteiger partial charge in [0.05, 0.1) is 5.75 Å². The molecule has 4 heteroatoms. The molecule has 0 unspecified atom stereocenters. The van der Waals surface area contributed by atoms with Gasteiger partial charge in [-0.1, -0.05) is 44.0 Å². The summed E-state index contributed by atoms with van der Waals surface area (Å²) in [5.41, 5.74) is 2.06. The Bertz CT molecular complexity index is 502. The van der Waals surface area contributed by atoms with Gasteiger partial charge in [0.1, 0.15) is 0 Å². The maximum atomic E-state index is 11.1. The molecule has 0 aromatic heterocycles. The molecule has 0 aliphatic heterocycles. The summed E-state index contributed by atoms with van der Waals surface area (Å²) in [5.74, 6) is 1.33. The van der Waals surface area contributed by atoms with Gasteiger partial charge >= 0.3 is 0 Å². The van der Waals surface area contributed by atoms with Crippen molar-refractivity contribution in [2.24, 2.45) is 5.92 Å². The number of halogens is 1. The van der Waals surface area contributed by atoms with Crippen molar-refractivity contribution in [3.05, 3.63) is 35.4 Å². The lowest BCUT2D eigenvalue weighted by atomic mass is 9.79. The van der Waals surface area contributed by atoms with E-state index >= 15 is 0 Å². The second-order valence-electron chi connectivity index (χ2n) is 5.39. The highest BCUT2D eigenvalue weighted by Crippen LogP contribution is 2.35. The molecule has 2 nitrogen and oxygen atoms in total. The van der Waals surface area contributed by atoms with Gasteiger partial charge in [-0.15, -0.1) is 0 Å². The summed E-state index contributed by atoms with van der Waals surface area (Å²) in [6, 6.07) is 7.87. The summed E-state index contributed by atoms with van der Waals surface area (Å²) in [6.07, 6.45) is 4.95. The van der Waals surface area contributed by atoms with Gasteiger partial charge < -0.3 is 0 Å². The largest absolute Gasteiger partial charge is 0.236 e. The first-order chi connectivity index (χ1) is 8.44. The Kier molecular flexibility index (Phi) is 4.33. The maximum Gasteiger partial charge on any atom is 0.236 e. The van der Waals surface area contributed by atoms with Crippen LogP contribution in [0.1, 0.15) is 49.7 Å². The molecule has 0 bridgehead atoms. The fourth-order valence-corrected chi connectivity index (χ4v) is 3.69. The second kappa shape index (κ2) is 5.62. The summed E-state index contributed by atoms with van der Waals surface area (Å²) in [5, 5.41) is 0. The van der Waals surface area contributed by atoms with E-state index in [1.807, 2.05) is 18.2 Å². The van der Waals surface area contributed by atoms with E-state index in [2.05, 4.69) is 13.0 Å². The summed E-state index contributed by atoms with van der Waals surface area (Å²) in [6.45, 7) is 2.30. The zero-order valence-corrected chi connectivity index (χ0v) is 12.2. The van der Waals surface area contributed by atoms with Crippen LogP contribution in [-0.4, -0.2) is 8.42 Å². The van der Waals surface area contributed by atoms with Gasteiger partial charge in [0.15, 0.2) is 0 Å². The van der Waals surface area contributed by atoms with Gasteiger partial charge in [0.2, 0.25) is 9.05 Å². The minimum absolute atomic E-state index is 0.0779. The maximum absolute atomic E-state index is 11.1. The van der Waals surface area contributed by atoms with Crippen molar-refractivity contribution in [3.8, 4) is 0 Å². The Hall–Kier alpha value is -0.540. The topological polar surface area (TPSA) is 34.1 Å². The van der Waals surface area contributed by atoms with Crippen LogP contribution in [0.25, 0.3) is 0 Å². The van der Waals surface area contributed by atoms with Gasteiger partial charge in [0.25, 0.3) is 0 Å². The first kappa shape index (κ1) is 13.9. The quantitative estimate of drug-likeness (QED) is 0.786. The molecule has 0 amide bonds. The molecule has 1 aliphatic carbocycles. The van der Waals surface area contributed by atoms with E-state index in [0.717, 1.165) is 11.5 Å². The molecule has 1 saturated carbocycles. The molecule has 0 N–H and O–H groups in total. The molecule has 2 rings (SSSR count). The third-order valence-corrected chi connectivity index (χ3v) is 4.78. The zero-order valence-electron chi connectivity index (χ0n) is 10.6. The molecule has 0 atom stereocenters. The minimum Gasteiger partial charge on any atom is -0.212 e. The van der Waals surface area contributed by atoms with Crippen LogP contribution in [0.4, 0.5) is 0 Å². The predicted octanol–water partition coefficient (Wildman–Crippen LogP) is 4.05. The average molecular weight is 287 g/mol. The van der Waals surface area contributed by atoms with Gasteiger partial charge in [-0.3, -0.25) is 0 Å². The first-order valence-corrected chi connectivity index (χ1v) is 8.93. The lowest BCUT2D eigenvalue weighted by Gasteiger charge is -2.26. The molecule has 100 valence electrons. The van der Waals surface area contributed by atoms with Crippen molar-refractivity contribution < 1.29 is 8.42 Å². The van der Waals surface area contributed by atoms with Crippen LogP contribution in [0.3, 0.4) is 0 Å². The van der Waals surface area contributed by atoms with E-state index in [-0.39, 0.29) is 5.75 Å². The number of hydrogen-bond acceptors (Lipinski definition) is 2. The predicted molar refractivity (Wildman–Crippen MR) is 75.3 cm³/mol. The van der Waals surface area contributed by atoms with Crippen LogP contribution in [-0.2, 0) is 14.8 Å². The monoisotopic (exact) mass is 286 g/mol. The number of hydrogen-bond donors (Lipinski definition) is 0. The minimum atomic E-state index is -3.46. The Morgan fingerprint density at radius 3 is 2.50 bits per heavy atom. The van der Waals surface area contributed by atoms with Crippen LogP contribution < -0.4 is 0 Å². The highest BCUT2D eigenvalue weighted by molar-refractivity contribution is 8.13. The van der Waals surface area contributed by atoms with Crippen molar-refractivity contribution in [3.63, 3.8) is 0 Å². The van der Waals surface area contributed by atoms with E-state index in [9.17, 15) is 8.42 Å². The van der Waals surface area contributed by atoms with Crippen molar-refractivity contribution in [2.45, 2.75) is 44.3 Å². The molecule has 0 saturated heterocycles. The van der Waals surface area contributed by atoms with Crippen LogP contribution in [0.15, 0.2) is 24.3 Å². The SMILES string of the molecule is CC1CCC(c2cccc(CS(=O)(=O)Cl)c2)CC1. The van der Waals surface area contributed by atoms with Crippen molar-refractivity contribution in [2.75, 3.05) is 0 Å². The van der Waals surface area contributed by atoms with Crippen LogP contribution >= 0.6 is 10.7 Å². The Balaban J connectivity index is 2.12. The normalized spacial score (nSPS) is 25.0. The van der Waals surface area contributed by atoms with E-state index in [4.69, 9.17) is 10.7 Å². The third kappa shape index (κ3) is 3.99. The second-order valence-corrected chi connectivity index (χ2v) is 8.16. The lowest BCUT2D eigenvalue weighted by Crippen LogP contribution is -2.11. The van der Waals surface area contributed by atoms with Crippen molar-refractivity contribution >= 4 is 19.7 Å². The smallest absolute Gasteiger partial charge is 0.212 e. The number of benzene rings is 1. The molecule has 0 heterocycles. The molecule has 1 aliphatic rings. The van der Waals surface area contributed by atoms with Crippen molar-refractivity contribution in [1.29, 1.82) is 0 Å². The summed E-state index contributed by atoms with van der Waals surface area (Å²) in [7, 11) is 1.84. The molecular formula is C14H19ClO2S. The fourth-order valence-electron chi connectivity index (χ4n) is 2.73. The van der Waals surface area contributed by atoms with Crippen LogP contribution in [0, 0.1) is 5.92 Å². The Morgan fingerprint density at radius 1 is 1.22 bits per heavy atom. The third-order valence-electron chi connectivity index (χ3n) is 3.78. The summed E-state index contributed by atoms with van der Waals surface area (Å²) < 4.78 is 22.2. The average Bonchev–Trinajstić information content (AvgIpc) is 2.28. The summed E-state index contributed by atoms with van der Waals surface area (Å²) >= 11 is 0. The van der Waals surface area contributed by atoms with Gasteiger partial charge in [0, 0.05) is 10.7 Å². The van der Waals surface area contributed by atoms with E-state index < -0.39 is 9.05 Å². The van der Waals surface area contributed by atoms with Gasteiger partial charge in [-0.2, -0.15) is 0 Å². The molecule has 18 heavy (non-hydrogen) atoms. The molecule has 1 fully saturated rings. The molecule has 1 aromatic rings. The first-order valence-electron chi connectivity index (χ1n) is 6.45. The standard InChI is InChI=1S/C14H19ClO2S/c1-11-5-7-13(8-6-11)14-4-2-3-12(9-14)10-18(15,16)17/h2-4,9,11,13H,5-8,10H2,1H3. The molecule has 0 spiro atoms. The molecule has 1 aromatic carbocycles. The highest BCUT2D eigenvalue weighted by atomic mass is 35.7. The van der Waals surface area contributed by atoms with E-state index in [0.29, 0.717) is 5.92 Å². The van der Waals surface area contributed by atoms with E-state index in [1.165, 1.54) is 31.2 Å². The van der Waals surface area contributed by atoms with Gasteiger partial charge in [-0.25, -0.2) is 8.42 Å². The summed E-state index contributed by atoms with van der Waals surface area (Å²) in [4.78, 5) is 0. The van der Waals surface area contributed by atoms with Crippen LogP contribution in [0.2, 0.25) is 0 Å². The Morgan fingerprint density at radius 2 is 1.89 bits per heavy atom. The molecular weight excluding hydrogens is 268 g/mol. The highest BCUT2D eigenvalue weighted by Gasteiger charge is 2.20. The lowest BCUT2D eigenvalue weighted by molar-refractivity contribution is 0.348. The number of rotatable bonds is 3. The molecule has 0 radical (unpaired) electrons. The van der Waals surface area contributed by atoms with Crippen LogP contribution in [0.5, 0.6) is 0 Å². The van der Waals surface area contributed by atoms with E-state index in [1.54, 1.807) is 0 Å². The van der Waals surface area contributed by atoms with Gasteiger partial charge in [-0.05, 0) is 35.8 Å². The fraction of sp³-hybridized carbons (Fsp3) is 0.571. The Labute approximate surface area is 114 Å². The zero-order chi connectivity index (χ0) is 13.2. The van der Waals surface area contributed by atoms with Crippen molar-refractivity contribution in [1.82, 2.24) is 0 Å².